The number of carbonyl (C=O) groups is 1. The molecule has 0 heterocycles. The van der Waals surface area contributed by atoms with Crippen LogP contribution in [0.25, 0.3) is 0 Å². The largest absolute Gasteiger partial charge is 0.494 e. The number of nitrogens with zero attached hydrogens (tertiary/aromatic N) is 1. The molecule has 0 aromatic heterocycles. The number of urea groups is 1. The smallest absolute Gasteiger partial charge is 0.321 e. The van der Waals surface area contributed by atoms with E-state index in [1.165, 1.54) is 0 Å². The van der Waals surface area contributed by atoms with Crippen molar-refractivity contribution in [1.82, 2.24) is 4.90 Å². The summed E-state index contributed by atoms with van der Waals surface area (Å²) in [5.41, 5.74) is 1.57. The number of ether oxygens (including phenoxy) is 1. The molecule has 6 heteroatoms. The van der Waals surface area contributed by atoms with Crippen LogP contribution < -0.4 is 10.1 Å². The molecule has 0 radical (unpaired) electrons. The Bertz CT molecular complexity index is 655. The number of carbonyl (C=O) groups excluding carboxylic acids is 1. The van der Waals surface area contributed by atoms with Gasteiger partial charge in [0.05, 0.1) is 6.61 Å². The average molecular weight is 353 g/mol. The van der Waals surface area contributed by atoms with Crippen molar-refractivity contribution < 1.29 is 9.53 Å². The summed E-state index contributed by atoms with van der Waals surface area (Å²) in [5.74, 6) is 0.817. The van der Waals surface area contributed by atoms with Gasteiger partial charge in [0.1, 0.15) is 5.75 Å². The molecular formula is C17H18Cl2N2O2. The number of hydrogen-bond acceptors (Lipinski definition) is 2. The summed E-state index contributed by atoms with van der Waals surface area (Å²) in [7, 11) is 1.72. The quantitative estimate of drug-likeness (QED) is 0.817. The first-order chi connectivity index (χ1) is 11.0. The van der Waals surface area contributed by atoms with E-state index in [9.17, 15) is 4.79 Å². The zero-order chi connectivity index (χ0) is 16.8. The average Bonchev–Trinajstić information content (AvgIpc) is 2.48. The maximum absolute atomic E-state index is 12.2. The van der Waals surface area contributed by atoms with Crippen molar-refractivity contribution in [3.8, 4) is 5.75 Å². The van der Waals surface area contributed by atoms with E-state index in [1.54, 1.807) is 30.1 Å². The predicted octanol–water partition coefficient (Wildman–Crippen LogP) is 5.06. The summed E-state index contributed by atoms with van der Waals surface area (Å²) in [5, 5.41) is 3.72. The molecule has 0 aliphatic carbocycles. The molecule has 0 spiro atoms. The minimum absolute atomic E-state index is 0.239. The van der Waals surface area contributed by atoms with Crippen molar-refractivity contribution in [3.05, 3.63) is 58.1 Å². The lowest BCUT2D eigenvalue weighted by molar-refractivity contribution is 0.220. The molecule has 2 rings (SSSR count). The van der Waals surface area contributed by atoms with Gasteiger partial charge in [-0.1, -0.05) is 35.3 Å². The van der Waals surface area contributed by atoms with Crippen LogP contribution in [-0.2, 0) is 6.54 Å². The molecular weight excluding hydrogens is 335 g/mol. The van der Waals surface area contributed by atoms with Gasteiger partial charge in [-0.25, -0.2) is 4.79 Å². The molecule has 1 N–H and O–H groups in total. The van der Waals surface area contributed by atoms with E-state index in [0.29, 0.717) is 28.9 Å². The normalized spacial score (nSPS) is 10.3. The van der Waals surface area contributed by atoms with Crippen LogP contribution >= 0.6 is 23.2 Å². The summed E-state index contributed by atoms with van der Waals surface area (Å²) in [6.07, 6.45) is 0. The number of benzene rings is 2. The van der Waals surface area contributed by atoms with Crippen LogP contribution in [0.3, 0.4) is 0 Å². The molecule has 0 aliphatic heterocycles. The first-order valence-corrected chi connectivity index (χ1v) is 7.93. The SMILES string of the molecule is CCOc1ccc(CN(C)C(=O)Nc2cc(Cl)cc(Cl)c2)cc1. The molecule has 122 valence electrons. The van der Waals surface area contributed by atoms with Crippen LogP contribution in [0.2, 0.25) is 10.0 Å². The Morgan fingerprint density at radius 1 is 1.13 bits per heavy atom. The Hall–Kier alpha value is -1.91. The number of anilines is 1. The fourth-order valence-corrected chi connectivity index (χ4v) is 2.57. The van der Waals surface area contributed by atoms with E-state index >= 15 is 0 Å². The van der Waals surface area contributed by atoms with Gasteiger partial charge in [0.15, 0.2) is 0 Å². The lowest BCUT2D eigenvalue weighted by Crippen LogP contribution is -2.30. The third-order valence-electron chi connectivity index (χ3n) is 3.11. The number of nitrogens with one attached hydrogen (secondary N) is 1. The highest BCUT2D eigenvalue weighted by Gasteiger charge is 2.10. The number of hydrogen-bond donors (Lipinski definition) is 1. The first kappa shape index (κ1) is 17.4. The fraction of sp³-hybridized carbons (Fsp3) is 0.235. The van der Waals surface area contributed by atoms with Gasteiger partial charge in [-0.05, 0) is 42.8 Å². The van der Waals surface area contributed by atoms with Crippen LogP contribution in [0.4, 0.5) is 10.5 Å². The Balaban J connectivity index is 1.96. The third-order valence-corrected chi connectivity index (χ3v) is 3.55. The minimum Gasteiger partial charge on any atom is -0.494 e. The van der Waals surface area contributed by atoms with Crippen molar-refractivity contribution in [2.24, 2.45) is 0 Å². The van der Waals surface area contributed by atoms with Gasteiger partial charge in [0, 0.05) is 29.3 Å². The van der Waals surface area contributed by atoms with Crippen molar-refractivity contribution in [3.63, 3.8) is 0 Å². The lowest BCUT2D eigenvalue weighted by Gasteiger charge is -2.18. The molecule has 0 fully saturated rings. The number of rotatable bonds is 5. The maximum Gasteiger partial charge on any atom is 0.321 e. The van der Waals surface area contributed by atoms with Gasteiger partial charge >= 0.3 is 6.03 Å². The first-order valence-electron chi connectivity index (χ1n) is 7.18. The lowest BCUT2D eigenvalue weighted by atomic mass is 10.2. The van der Waals surface area contributed by atoms with E-state index in [4.69, 9.17) is 27.9 Å². The second kappa shape index (κ2) is 8.09. The second-order valence-electron chi connectivity index (χ2n) is 5.02. The molecule has 0 bridgehead atoms. The highest BCUT2D eigenvalue weighted by Crippen LogP contribution is 2.22. The zero-order valence-corrected chi connectivity index (χ0v) is 14.5. The standard InChI is InChI=1S/C17H18Cl2N2O2/c1-3-23-16-6-4-12(5-7-16)11-21(2)17(22)20-15-9-13(18)8-14(19)10-15/h4-10H,3,11H2,1-2H3,(H,20,22). The summed E-state index contributed by atoms with van der Waals surface area (Å²) in [4.78, 5) is 13.8. The zero-order valence-electron chi connectivity index (χ0n) is 13.0. The Morgan fingerprint density at radius 3 is 2.30 bits per heavy atom. The molecule has 2 aromatic rings. The topological polar surface area (TPSA) is 41.6 Å². The molecule has 2 amide bonds. The number of amides is 2. The monoisotopic (exact) mass is 352 g/mol. The molecule has 0 saturated heterocycles. The van der Waals surface area contributed by atoms with E-state index in [2.05, 4.69) is 5.32 Å². The van der Waals surface area contributed by atoms with Crippen LogP contribution in [-0.4, -0.2) is 24.6 Å². The third kappa shape index (κ3) is 5.34. The minimum atomic E-state index is -0.239. The van der Waals surface area contributed by atoms with Gasteiger partial charge in [-0.15, -0.1) is 0 Å². The Kier molecular flexibility index (Phi) is 6.13. The van der Waals surface area contributed by atoms with Crippen LogP contribution in [0.15, 0.2) is 42.5 Å². The van der Waals surface area contributed by atoms with E-state index in [0.717, 1.165) is 11.3 Å². The fourth-order valence-electron chi connectivity index (χ4n) is 2.05. The van der Waals surface area contributed by atoms with Crippen LogP contribution in [0, 0.1) is 0 Å². The van der Waals surface area contributed by atoms with Gasteiger partial charge in [-0.3, -0.25) is 0 Å². The highest BCUT2D eigenvalue weighted by atomic mass is 35.5. The van der Waals surface area contributed by atoms with Crippen molar-refractivity contribution in [1.29, 1.82) is 0 Å². The molecule has 23 heavy (non-hydrogen) atoms. The highest BCUT2D eigenvalue weighted by molar-refractivity contribution is 6.35. The van der Waals surface area contributed by atoms with Gasteiger partial charge in [0.25, 0.3) is 0 Å². The van der Waals surface area contributed by atoms with Gasteiger partial charge in [-0.2, -0.15) is 0 Å². The van der Waals surface area contributed by atoms with Crippen molar-refractivity contribution in [2.75, 3.05) is 19.0 Å². The predicted molar refractivity (Wildman–Crippen MR) is 94.6 cm³/mol. The van der Waals surface area contributed by atoms with Gasteiger partial charge in [0.2, 0.25) is 0 Å². The summed E-state index contributed by atoms with van der Waals surface area (Å²) in [6.45, 7) is 3.05. The van der Waals surface area contributed by atoms with Crippen molar-refractivity contribution in [2.45, 2.75) is 13.5 Å². The summed E-state index contributed by atoms with van der Waals surface area (Å²) < 4.78 is 5.40. The molecule has 0 atom stereocenters. The maximum atomic E-state index is 12.2. The number of halogens is 2. The second-order valence-corrected chi connectivity index (χ2v) is 5.89. The van der Waals surface area contributed by atoms with E-state index in [-0.39, 0.29) is 6.03 Å². The van der Waals surface area contributed by atoms with Crippen LogP contribution in [0.5, 0.6) is 5.75 Å². The van der Waals surface area contributed by atoms with E-state index in [1.807, 2.05) is 31.2 Å². The molecule has 2 aromatic carbocycles. The molecule has 0 unspecified atom stereocenters. The summed E-state index contributed by atoms with van der Waals surface area (Å²) in [6, 6.07) is 12.3. The van der Waals surface area contributed by atoms with Gasteiger partial charge < -0.3 is 15.0 Å². The van der Waals surface area contributed by atoms with E-state index < -0.39 is 0 Å². The Labute approximate surface area is 146 Å². The molecule has 4 nitrogen and oxygen atoms in total. The Morgan fingerprint density at radius 2 is 1.74 bits per heavy atom. The van der Waals surface area contributed by atoms with Crippen LogP contribution in [0.1, 0.15) is 12.5 Å². The summed E-state index contributed by atoms with van der Waals surface area (Å²) >= 11 is 11.8. The molecule has 0 saturated carbocycles. The van der Waals surface area contributed by atoms with Crippen molar-refractivity contribution >= 4 is 34.9 Å². The molecule has 0 aliphatic rings.